The smallest absolute Gasteiger partial charge is 0.225 e. The van der Waals surface area contributed by atoms with E-state index >= 15 is 0 Å². The van der Waals surface area contributed by atoms with Gasteiger partial charge in [0.15, 0.2) is 0 Å². The number of amides is 2. The summed E-state index contributed by atoms with van der Waals surface area (Å²) < 4.78 is 0. The minimum absolute atomic E-state index is 0.0430. The Hall–Kier alpha value is -1.88. The van der Waals surface area contributed by atoms with Gasteiger partial charge in [-0.15, -0.1) is 0 Å². The minimum Gasteiger partial charge on any atom is -0.327 e. The molecule has 0 bridgehead atoms. The lowest BCUT2D eigenvalue weighted by Crippen LogP contribution is -2.28. The molecule has 0 spiro atoms. The third-order valence-corrected chi connectivity index (χ3v) is 3.12. The topological polar surface area (TPSA) is 84.2 Å². The van der Waals surface area contributed by atoms with Crippen LogP contribution in [-0.2, 0) is 9.59 Å². The zero-order chi connectivity index (χ0) is 13.8. The molecule has 102 valence electrons. The molecule has 1 saturated carbocycles. The molecular weight excluding hydrogens is 242 g/mol. The van der Waals surface area contributed by atoms with Gasteiger partial charge in [-0.05, 0) is 37.0 Å². The first-order chi connectivity index (χ1) is 9.04. The number of nitrogens with one attached hydrogen (secondary N) is 2. The molecule has 19 heavy (non-hydrogen) atoms. The summed E-state index contributed by atoms with van der Waals surface area (Å²) in [4.78, 5) is 22.8. The highest BCUT2D eigenvalue weighted by Gasteiger charge is 2.29. The highest BCUT2D eigenvalue weighted by Crippen LogP contribution is 2.32. The van der Waals surface area contributed by atoms with Gasteiger partial charge in [0, 0.05) is 30.8 Å². The predicted molar refractivity (Wildman–Crippen MR) is 74.7 cm³/mol. The summed E-state index contributed by atoms with van der Waals surface area (Å²) in [6.07, 6.45) is 2.61. The summed E-state index contributed by atoms with van der Waals surface area (Å²) >= 11 is 0. The van der Waals surface area contributed by atoms with Crippen LogP contribution < -0.4 is 16.4 Å². The van der Waals surface area contributed by atoms with Gasteiger partial charge in [-0.25, -0.2) is 0 Å². The first kappa shape index (κ1) is 13.5. The summed E-state index contributed by atoms with van der Waals surface area (Å²) in [6.45, 7) is 1.44. The average Bonchev–Trinajstić information content (AvgIpc) is 3.11. The molecule has 4 N–H and O–H groups in total. The van der Waals surface area contributed by atoms with Gasteiger partial charge in [0.2, 0.25) is 11.8 Å². The molecule has 1 aliphatic rings. The number of carbonyl (C=O) groups excluding carboxylic acids is 2. The fourth-order valence-electron chi connectivity index (χ4n) is 2.00. The van der Waals surface area contributed by atoms with Gasteiger partial charge < -0.3 is 16.4 Å². The van der Waals surface area contributed by atoms with Crippen molar-refractivity contribution in [2.75, 3.05) is 10.6 Å². The summed E-state index contributed by atoms with van der Waals surface area (Å²) in [5.74, 6) is 0.287. The molecular formula is C14H19N3O2. The molecule has 1 aromatic carbocycles. The maximum absolute atomic E-state index is 11.8. The standard InChI is InChI=1S/C14H19N3O2/c1-9(18)16-11-3-2-4-12(7-11)17-14(19)8-13(15)10-5-6-10/h2-4,7,10,13H,5-6,8,15H2,1H3,(H,16,18)(H,17,19). The van der Waals surface area contributed by atoms with Crippen LogP contribution in [0.4, 0.5) is 11.4 Å². The van der Waals surface area contributed by atoms with Crippen LogP contribution in [0.3, 0.4) is 0 Å². The van der Waals surface area contributed by atoms with Crippen molar-refractivity contribution in [3.8, 4) is 0 Å². The quantitative estimate of drug-likeness (QED) is 0.754. The number of nitrogens with two attached hydrogens (primary N) is 1. The molecule has 5 nitrogen and oxygen atoms in total. The Kier molecular flexibility index (Phi) is 4.16. The van der Waals surface area contributed by atoms with Crippen molar-refractivity contribution in [2.24, 2.45) is 11.7 Å². The zero-order valence-corrected chi connectivity index (χ0v) is 11.0. The van der Waals surface area contributed by atoms with E-state index in [1.165, 1.54) is 6.92 Å². The molecule has 0 aromatic heterocycles. The fourth-order valence-corrected chi connectivity index (χ4v) is 2.00. The lowest BCUT2D eigenvalue weighted by Gasteiger charge is -2.11. The zero-order valence-electron chi connectivity index (χ0n) is 11.0. The third kappa shape index (κ3) is 4.37. The number of hydrogen-bond acceptors (Lipinski definition) is 3. The average molecular weight is 261 g/mol. The monoisotopic (exact) mass is 261 g/mol. The molecule has 2 amide bonds. The van der Waals surface area contributed by atoms with Crippen molar-refractivity contribution in [2.45, 2.75) is 32.2 Å². The number of rotatable bonds is 5. The van der Waals surface area contributed by atoms with E-state index in [9.17, 15) is 9.59 Å². The summed E-state index contributed by atoms with van der Waals surface area (Å²) in [6, 6.07) is 7.02. The van der Waals surface area contributed by atoms with Gasteiger partial charge in [-0.1, -0.05) is 6.07 Å². The van der Waals surface area contributed by atoms with Crippen LogP contribution >= 0.6 is 0 Å². The molecule has 0 heterocycles. The Morgan fingerprint density at radius 2 is 1.95 bits per heavy atom. The van der Waals surface area contributed by atoms with Gasteiger partial charge in [0.1, 0.15) is 0 Å². The number of benzene rings is 1. The van der Waals surface area contributed by atoms with E-state index < -0.39 is 0 Å². The Morgan fingerprint density at radius 1 is 1.32 bits per heavy atom. The van der Waals surface area contributed by atoms with E-state index in [1.807, 2.05) is 0 Å². The van der Waals surface area contributed by atoms with Crippen molar-refractivity contribution >= 4 is 23.2 Å². The molecule has 0 saturated heterocycles. The molecule has 1 unspecified atom stereocenters. The predicted octanol–water partition coefficient (Wildman–Crippen LogP) is 1.71. The number of carbonyl (C=O) groups is 2. The Labute approximate surface area is 112 Å². The fraction of sp³-hybridized carbons (Fsp3) is 0.429. The number of anilines is 2. The molecule has 2 rings (SSSR count). The van der Waals surface area contributed by atoms with E-state index in [2.05, 4.69) is 10.6 Å². The first-order valence-corrected chi connectivity index (χ1v) is 6.47. The number of hydrogen-bond donors (Lipinski definition) is 3. The Morgan fingerprint density at radius 3 is 2.53 bits per heavy atom. The molecule has 1 fully saturated rings. The summed E-state index contributed by atoms with van der Waals surface area (Å²) in [5, 5.41) is 5.47. The second-order valence-electron chi connectivity index (χ2n) is 5.02. The normalized spacial score (nSPS) is 15.7. The molecule has 1 atom stereocenters. The molecule has 1 aliphatic carbocycles. The summed E-state index contributed by atoms with van der Waals surface area (Å²) in [7, 11) is 0. The van der Waals surface area contributed by atoms with Crippen LogP contribution in [0.25, 0.3) is 0 Å². The highest BCUT2D eigenvalue weighted by molar-refractivity contribution is 5.93. The highest BCUT2D eigenvalue weighted by atomic mass is 16.2. The Balaban J connectivity index is 1.90. The van der Waals surface area contributed by atoms with Crippen molar-refractivity contribution in [3.63, 3.8) is 0 Å². The minimum atomic E-state index is -0.140. The second kappa shape index (κ2) is 5.84. The molecule has 0 aliphatic heterocycles. The van der Waals surface area contributed by atoms with Crippen LogP contribution in [0, 0.1) is 5.92 Å². The Bertz CT molecular complexity index is 483. The molecule has 5 heteroatoms. The van der Waals surface area contributed by atoms with Gasteiger partial charge in [-0.3, -0.25) is 9.59 Å². The third-order valence-electron chi connectivity index (χ3n) is 3.12. The maximum Gasteiger partial charge on any atom is 0.225 e. The van der Waals surface area contributed by atoms with Crippen molar-refractivity contribution in [3.05, 3.63) is 24.3 Å². The van der Waals surface area contributed by atoms with E-state index in [0.29, 0.717) is 23.7 Å². The van der Waals surface area contributed by atoms with E-state index in [4.69, 9.17) is 5.73 Å². The lowest BCUT2D eigenvalue weighted by atomic mass is 10.1. The van der Waals surface area contributed by atoms with Crippen molar-refractivity contribution in [1.29, 1.82) is 0 Å². The van der Waals surface area contributed by atoms with Gasteiger partial charge in [0.25, 0.3) is 0 Å². The van der Waals surface area contributed by atoms with Gasteiger partial charge in [-0.2, -0.15) is 0 Å². The maximum atomic E-state index is 11.8. The van der Waals surface area contributed by atoms with Crippen LogP contribution in [0.5, 0.6) is 0 Å². The first-order valence-electron chi connectivity index (χ1n) is 6.47. The van der Waals surface area contributed by atoms with Crippen LogP contribution in [0.1, 0.15) is 26.2 Å². The van der Waals surface area contributed by atoms with Crippen LogP contribution in [0.15, 0.2) is 24.3 Å². The molecule has 1 aromatic rings. The van der Waals surface area contributed by atoms with E-state index in [1.54, 1.807) is 24.3 Å². The summed E-state index contributed by atoms with van der Waals surface area (Å²) in [5.41, 5.74) is 7.24. The van der Waals surface area contributed by atoms with Crippen molar-refractivity contribution < 1.29 is 9.59 Å². The largest absolute Gasteiger partial charge is 0.327 e. The van der Waals surface area contributed by atoms with Crippen LogP contribution in [0.2, 0.25) is 0 Å². The van der Waals surface area contributed by atoms with Crippen molar-refractivity contribution in [1.82, 2.24) is 0 Å². The van der Waals surface area contributed by atoms with Gasteiger partial charge >= 0.3 is 0 Å². The van der Waals surface area contributed by atoms with E-state index in [0.717, 1.165) is 12.8 Å². The SMILES string of the molecule is CC(=O)Nc1cccc(NC(=O)CC(N)C2CC2)c1. The van der Waals surface area contributed by atoms with E-state index in [-0.39, 0.29) is 17.9 Å². The van der Waals surface area contributed by atoms with Gasteiger partial charge in [0.05, 0.1) is 0 Å². The molecule has 0 radical (unpaired) electrons. The second-order valence-corrected chi connectivity index (χ2v) is 5.02. The lowest BCUT2D eigenvalue weighted by molar-refractivity contribution is -0.116. The van der Waals surface area contributed by atoms with Crippen LogP contribution in [-0.4, -0.2) is 17.9 Å².